The Balaban J connectivity index is 2.03. The van der Waals surface area contributed by atoms with E-state index in [9.17, 15) is 12.8 Å². The van der Waals surface area contributed by atoms with E-state index in [-0.39, 0.29) is 34.1 Å². The second-order valence-electron chi connectivity index (χ2n) is 6.08. The highest BCUT2D eigenvalue weighted by Gasteiger charge is 2.27. The molecule has 0 saturated carbocycles. The fourth-order valence-corrected chi connectivity index (χ4v) is 4.67. The zero-order chi connectivity index (χ0) is 21.0. The second kappa shape index (κ2) is 9.01. The number of nitriles is 1. The van der Waals surface area contributed by atoms with E-state index in [2.05, 4.69) is 20.9 Å². The standard InChI is InChI=1S/C20H14BrClFN3O2S/c21-16-6-4-15(20(23)9-16)12-26(13-17-3-1-2-8-25-17)29(27,28)18-7-5-14(11-24)19(22)10-18/h1-10H,12-13H2. The third-order valence-corrected chi connectivity index (χ3v) is 6.72. The molecule has 0 aliphatic rings. The summed E-state index contributed by atoms with van der Waals surface area (Å²) in [5, 5.41) is 9.04. The summed E-state index contributed by atoms with van der Waals surface area (Å²) < 4.78 is 42.6. The maximum atomic E-state index is 14.4. The Morgan fingerprint density at radius 2 is 1.93 bits per heavy atom. The van der Waals surface area contributed by atoms with Crippen LogP contribution in [0.2, 0.25) is 5.02 Å². The van der Waals surface area contributed by atoms with Gasteiger partial charge in [-0.15, -0.1) is 0 Å². The molecule has 0 atom stereocenters. The van der Waals surface area contributed by atoms with Crippen LogP contribution in [0.5, 0.6) is 0 Å². The minimum absolute atomic E-state index is 0.0289. The number of nitrogens with zero attached hydrogens (tertiary/aromatic N) is 3. The van der Waals surface area contributed by atoms with Crippen LogP contribution in [0.1, 0.15) is 16.8 Å². The van der Waals surface area contributed by atoms with Crippen molar-refractivity contribution in [3.63, 3.8) is 0 Å². The van der Waals surface area contributed by atoms with Crippen molar-refractivity contribution in [1.29, 1.82) is 5.26 Å². The van der Waals surface area contributed by atoms with Gasteiger partial charge < -0.3 is 0 Å². The number of rotatable bonds is 6. The van der Waals surface area contributed by atoms with Gasteiger partial charge in [0.15, 0.2) is 0 Å². The van der Waals surface area contributed by atoms with Crippen molar-refractivity contribution in [2.75, 3.05) is 0 Å². The minimum Gasteiger partial charge on any atom is -0.260 e. The van der Waals surface area contributed by atoms with Crippen molar-refractivity contribution < 1.29 is 12.8 Å². The Hall–Kier alpha value is -2.31. The van der Waals surface area contributed by atoms with Crippen LogP contribution >= 0.6 is 27.5 Å². The lowest BCUT2D eigenvalue weighted by molar-refractivity contribution is 0.390. The van der Waals surface area contributed by atoms with Crippen molar-refractivity contribution in [3.8, 4) is 6.07 Å². The predicted molar refractivity (Wildman–Crippen MR) is 111 cm³/mol. The Labute approximate surface area is 181 Å². The summed E-state index contributed by atoms with van der Waals surface area (Å²) in [5.74, 6) is -0.529. The molecule has 1 heterocycles. The molecule has 0 bridgehead atoms. The molecule has 3 rings (SSSR count). The lowest BCUT2D eigenvalue weighted by Crippen LogP contribution is -2.31. The molecule has 0 N–H and O–H groups in total. The van der Waals surface area contributed by atoms with E-state index in [0.29, 0.717) is 10.2 Å². The average Bonchev–Trinajstić information content (AvgIpc) is 2.70. The number of aromatic nitrogens is 1. The molecule has 0 amide bonds. The van der Waals surface area contributed by atoms with E-state index in [0.717, 1.165) is 4.31 Å². The number of hydrogen-bond acceptors (Lipinski definition) is 4. The molecule has 0 fully saturated rings. The van der Waals surface area contributed by atoms with Crippen molar-refractivity contribution in [3.05, 3.63) is 92.9 Å². The third kappa shape index (κ3) is 5.00. The van der Waals surface area contributed by atoms with E-state index in [4.69, 9.17) is 16.9 Å². The zero-order valence-corrected chi connectivity index (χ0v) is 18.0. The summed E-state index contributed by atoms with van der Waals surface area (Å²) in [7, 11) is -4.05. The molecule has 5 nitrogen and oxygen atoms in total. The van der Waals surface area contributed by atoms with Gasteiger partial charge >= 0.3 is 0 Å². The van der Waals surface area contributed by atoms with Gasteiger partial charge in [-0.1, -0.05) is 39.7 Å². The maximum Gasteiger partial charge on any atom is 0.243 e. The molecule has 3 aromatic rings. The molecule has 2 aromatic carbocycles. The molecule has 0 unspecified atom stereocenters. The summed E-state index contributed by atoms with van der Waals surface area (Å²) in [4.78, 5) is 4.08. The highest BCUT2D eigenvalue weighted by molar-refractivity contribution is 9.10. The van der Waals surface area contributed by atoms with Gasteiger partial charge in [0.25, 0.3) is 0 Å². The van der Waals surface area contributed by atoms with Crippen LogP contribution in [0.15, 0.2) is 70.2 Å². The summed E-state index contributed by atoms with van der Waals surface area (Å²) in [5.41, 5.74) is 0.890. The Morgan fingerprint density at radius 1 is 1.14 bits per heavy atom. The molecular formula is C20H14BrClFN3O2S. The molecule has 0 aliphatic heterocycles. The van der Waals surface area contributed by atoms with E-state index < -0.39 is 15.8 Å². The maximum absolute atomic E-state index is 14.4. The van der Waals surface area contributed by atoms with Gasteiger partial charge in [0.2, 0.25) is 10.0 Å². The van der Waals surface area contributed by atoms with E-state index >= 15 is 0 Å². The van der Waals surface area contributed by atoms with Crippen molar-refractivity contribution >= 4 is 37.6 Å². The number of benzene rings is 2. The minimum atomic E-state index is -4.05. The number of halogens is 3. The van der Waals surface area contributed by atoms with Crippen LogP contribution in [0.3, 0.4) is 0 Å². The van der Waals surface area contributed by atoms with Gasteiger partial charge in [0.1, 0.15) is 11.9 Å². The zero-order valence-electron chi connectivity index (χ0n) is 14.9. The topological polar surface area (TPSA) is 74.1 Å². The largest absolute Gasteiger partial charge is 0.260 e. The Morgan fingerprint density at radius 3 is 2.55 bits per heavy atom. The first kappa shape index (κ1) is 21.4. The van der Waals surface area contributed by atoms with Gasteiger partial charge in [0, 0.05) is 22.8 Å². The highest BCUT2D eigenvalue weighted by atomic mass is 79.9. The van der Waals surface area contributed by atoms with Gasteiger partial charge in [-0.3, -0.25) is 4.98 Å². The van der Waals surface area contributed by atoms with Crippen molar-refractivity contribution in [1.82, 2.24) is 9.29 Å². The summed E-state index contributed by atoms with van der Waals surface area (Å²) in [6.45, 7) is -0.258. The molecule has 0 saturated heterocycles. The fourth-order valence-electron chi connectivity index (χ4n) is 2.63. The van der Waals surface area contributed by atoms with Gasteiger partial charge in [0.05, 0.1) is 27.7 Å². The van der Waals surface area contributed by atoms with Crippen molar-refractivity contribution in [2.24, 2.45) is 0 Å². The van der Waals surface area contributed by atoms with E-state index in [1.165, 1.54) is 30.3 Å². The lowest BCUT2D eigenvalue weighted by atomic mass is 10.2. The van der Waals surface area contributed by atoms with Crippen LogP contribution in [0.25, 0.3) is 0 Å². The van der Waals surface area contributed by atoms with Crippen LogP contribution in [-0.2, 0) is 23.1 Å². The summed E-state index contributed by atoms with van der Waals surface area (Å²) in [6, 6.07) is 15.3. The van der Waals surface area contributed by atoms with Crippen LogP contribution in [0.4, 0.5) is 4.39 Å². The molecule has 9 heteroatoms. The number of sulfonamides is 1. The predicted octanol–water partition coefficient (Wildman–Crippen LogP) is 4.90. The summed E-state index contributed by atoms with van der Waals surface area (Å²) >= 11 is 9.21. The molecule has 0 radical (unpaired) electrons. The van der Waals surface area contributed by atoms with E-state index in [1.54, 1.807) is 30.5 Å². The average molecular weight is 495 g/mol. The Kier molecular flexibility index (Phi) is 6.65. The molecule has 0 aliphatic carbocycles. The third-order valence-electron chi connectivity index (χ3n) is 4.13. The lowest BCUT2D eigenvalue weighted by Gasteiger charge is -2.22. The molecule has 29 heavy (non-hydrogen) atoms. The number of hydrogen-bond donors (Lipinski definition) is 0. The second-order valence-corrected chi connectivity index (χ2v) is 9.34. The quantitative estimate of drug-likeness (QED) is 0.488. The molecule has 148 valence electrons. The van der Waals surface area contributed by atoms with Crippen LogP contribution < -0.4 is 0 Å². The normalized spacial score (nSPS) is 11.4. The number of pyridine rings is 1. The molecule has 1 aromatic heterocycles. The first-order valence-corrected chi connectivity index (χ1v) is 11.0. The van der Waals surface area contributed by atoms with Crippen LogP contribution in [0, 0.1) is 17.1 Å². The molecular weight excluding hydrogens is 481 g/mol. The SMILES string of the molecule is N#Cc1ccc(S(=O)(=O)N(Cc2ccccn2)Cc2ccc(Br)cc2F)cc1Cl. The van der Waals surface area contributed by atoms with Crippen molar-refractivity contribution in [2.45, 2.75) is 18.0 Å². The van der Waals surface area contributed by atoms with Crippen LogP contribution in [-0.4, -0.2) is 17.7 Å². The first-order valence-electron chi connectivity index (χ1n) is 8.35. The smallest absolute Gasteiger partial charge is 0.243 e. The first-order chi connectivity index (χ1) is 13.8. The van der Waals surface area contributed by atoms with E-state index in [1.807, 2.05) is 6.07 Å². The fraction of sp³-hybridized carbons (Fsp3) is 0.100. The summed E-state index contributed by atoms with van der Waals surface area (Å²) in [6.07, 6.45) is 1.55. The van der Waals surface area contributed by atoms with Gasteiger partial charge in [-0.05, 0) is 42.5 Å². The van der Waals surface area contributed by atoms with Gasteiger partial charge in [-0.2, -0.15) is 9.57 Å². The highest BCUT2D eigenvalue weighted by Crippen LogP contribution is 2.26. The monoisotopic (exact) mass is 493 g/mol. The van der Waals surface area contributed by atoms with Gasteiger partial charge in [-0.25, -0.2) is 12.8 Å². The molecule has 0 spiro atoms. The Bertz CT molecular complexity index is 1180.